The van der Waals surface area contributed by atoms with Crippen LogP contribution in [-0.2, 0) is 37.9 Å². The minimum atomic E-state index is -1.18. The fourth-order valence-corrected chi connectivity index (χ4v) is 4.98. The van der Waals surface area contributed by atoms with Crippen LogP contribution in [0.25, 0.3) is 22.3 Å². The average molecular weight is 505 g/mol. The van der Waals surface area contributed by atoms with E-state index in [2.05, 4.69) is 24.6 Å². The Hall–Kier alpha value is -1.88. The Labute approximate surface area is 206 Å². The van der Waals surface area contributed by atoms with Gasteiger partial charge in [0.25, 0.3) is 0 Å². The van der Waals surface area contributed by atoms with Gasteiger partial charge in [0.05, 0.1) is 36.3 Å². The predicted molar refractivity (Wildman–Crippen MR) is 135 cm³/mol. The van der Waals surface area contributed by atoms with Crippen LogP contribution in [-0.4, -0.2) is 61.9 Å². The van der Waals surface area contributed by atoms with Crippen LogP contribution < -0.4 is 0 Å². The zero-order valence-corrected chi connectivity index (χ0v) is 22.3. The van der Waals surface area contributed by atoms with Crippen molar-refractivity contribution in [1.29, 1.82) is 0 Å². The minimum Gasteiger partial charge on any atom is -0.380 e. The first-order valence-corrected chi connectivity index (χ1v) is 15.6. The highest BCUT2D eigenvalue weighted by molar-refractivity contribution is 6.76. The van der Waals surface area contributed by atoms with E-state index in [4.69, 9.17) is 40.6 Å². The molecule has 1 aliphatic heterocycles. The van der Waals surface area contributed by atoms with Gasteiger partial charge in [0.15, 0.2) is 0 Å². The minimum absolute atomic E-state index is 0.338. The van der Waals surface area contributed by atoms with E-state index in [1.165, 1.54) is 0 Å². The number of hydrogen-bond donors (Lipinski definition) is 0. The van der Waals surface area contributed by atoms with Crippen molar-refractivity contribution in [2.45, 2.75) is 51.0 Å². The van der Waals surface area contributed by atoms with Gasteiger partial charge in [0.1, 0.15) is 23.2 Å². The Morgan fingerprint density at radius 3 is 2.71 bits per heavy atom. The Balaban J connectivity index is 1.75. The highest BCUT2D eigenvalue weighted by atomic mass is 35.5. The Morgan fingerprint density at radius 2 is 2.03 bits per heavy atom. The van der Waals surface area contributed by atoms with Crippen molar-refractivity contribution in [3.05, 3.63) is 40.8 Å². The quantitative estimate of drug-likeness (QED) is 0.221. The van der Waals surface area contributed by atoms with Crippen LogP contribution in [0.2, 0.25) is 30.8 Å². The second-order valence-corrected chi connectivity index (χ2v) is 15.9. The highest BCUT2D eigenvalue weighted by Gasteiger charge is 2.39. The van der Waals surface area contributed by atoms with Crippen molar-refractivity contribution >= 4 is 30.6 Å². The van der Waals surface area contributed by atoms with E-state index < -0.39 is 13.7 Å². The first kappa shape index (κ1) is 25.2. The number of aromatic nitrogens is 4. The lowest BCUT2D eigenvalue weighted by Crippen LogP contribution is -2.30. The number of halogens is 1. The fraction of sp³-hybridized carbons (Fsp3) is 0.542. The summed E-state index contributed by atoms with van der Waals surface area (Å²) in [5.41, 5.74) is 3.50. The monoisotopic (exact) mass is 504 g/mol. The van der Waals surface area contributed by atoms with E-state index in [9.17, 15) is 0 Å². The van der Waals surface area contributed by atoms with Crippen molar-refractivity contribution in [2.75, 3.05) is 34.0 Å². The lowest BCUT2D eigenvalue weighted by Gasteiger charge is -2.26. The predicted octanol–water partition coefficient (Wildman–Crippen LogP) is 4.87. The molecule has 34 heavy (non-hydrogen) atoms. The van der Waals surface area contributed by atoms with Gasteiger partial charge in [-0.15, -0.1) is 0 Å². The Morgan fingerprint density at radius 1 is 1.21 bits per heavy atom. The molecule has 1 fully saturated rings. The Bertz CT molecular complexity index is 1140. The molecule has 0 saturated carbocycles. The SMILES string of the molecule is COCc1cc(-c2nn(COCC[Si](C)(C)C)c3cnc(Cl)cc23)nc([C@]2(OC)CCOC2)c1. The molecule has 0 unspecified atom stereocenters. The number of nitrogens with zero attached hydrogens (tertiary/aromatic N) is 4. The third-order valence-corrected chi connectivity index (χ3v) is 8.01. The fourth-order valence-electron chi connectivity index (χ4n) is 4.07. The van der Waals surface area contributed by atoms with Crippen LogP contribution >= 0.6 is 11.6 Å². The molecule has 0 bridgehead atoms. The molecule has 4 heterocycles. The van der Waals surface area contributed by atoms with E-state index in [0.29, 0.717) is 38.3 Å². The molecule has 0 N–H and O–H groups in total. The molecule has 8 nitrogen and oxygen atoms in total. The largest absolute Gasteiger partial charge is 0.380 e. The molecule has 1 saturated heterocycles. The van der Waals surface area contributed by atoms with Crippen molar-refractivity contribution in [3.63, 3.8) is 0 Å². The lowest BCUT2D eigenvalue weighted by molar-refractivity contribution is -0.0246. The highest BCUT2D eigenvalue weighted by Crippen LogP contribution is 2.36. The summed E-state index contributed by atoms with van der Waals surface area (Å²) in [7, 11) is 2.20. The number of hydrogen-bond acceptors (Lipinski definition) is 7. The summed E-state index contributed by atoms with van der Waals surface area (Å²) in [6.45, 7) is 9.59. The Kier molecular flexibility index (Phi) is 7.71. The number of fused-ring (bicyclic) bond motifs is 1. The number of methoxy groups -OCH3 is 2. The third-order valence-electron chi connectivity index (χ3n) is 6.10. The molecular weight excluding hydrogens is 472 g/mol. The standard InChI is InChI=1S/C24H33ClN4O4Si/c1-30-14-17-10-19(27-21(11-17)24(31-2)6-7-32-15-24)23-18-12-22(25)26-13-20(18)29(28-23)16-33-8-9-34(3,4)5/h10-13H,6-9,14-16H2,1-5H3/t24-/m0/s1. The molecule has 3 aromatic heterocycles. The normalized spacial score (nSPS) is 18.8. The molecule has 0 aromatic carbocycles. The van der Waals surface area contributed by atoms with E-state index in [-0.39, 0.29) is 0 Å². The number of rotatable bonds is 10. The molecule has 1 aliphatic rings. The summed E-state index contributed by atoms with van der Waals surface area (Å²) in [4.78, 5) is 9.27. The summed E-state index contributed by atoms with van der Waals surface area (Å²) in [6.07, 6.45) is 2.47. The van der Waals surface area contributed by atoms with Crippen LogP contribution in [0.3, 0.4) is 0 Å². The van der Waals surface area contributed by atoms with Crippen LogP contribution in [0.4, 0.5) is 0 Å². The molecule has 3 aromatic rings. The van der Waals surface area contributed by atoms with Crippen LogP contribution in [0.5, 0.6) is 0 Å². The molecule has 4 rings (SSSR count). The lowest BCUT2D eigenvalue weighted by atomic mass is 9.95. The first-order valence-electron chi connectivity index (χ1n) is 11.5. The summed E-state index contributed by atoms with van der Waals surface area (Å²) in [6, 6.07) is 6.94. The van der Waals surface area contributed by atoms with Gasteiger partial charge in [0, 0.05) is 47.3 Å². The van der Waals surface area contributed by atoms with Crippen LogP contribution in [0, 0.1) is 0 Å². The molecule has 0 radical (unpaired) electrons. The number of pyridine rings is 2. The summed E-state index contributed by atoms with van der Waals surface area (Å²) in [5.74, 6) is 0. The van der Waals surface area contributed by atoms with Crippen molar-refractivity contribution in [2.24, 2.45) is 0 Å². The van der Waals surface area contributed by atoms with Gasteiger partial charge in [-0.2, -0.15) is 5.10 Å². The maximum atomic E-state index is 6.27. The van der Waals surface area contributed by atoms with E-state index in [1.54, 1.807) is 20.4 Å². The molecule has 0 aliphatic carbocycles. The zero-order chi connectivity index (χ0) is 24.3. The molecular formula is C24H33ClN4O4Si. The maximum absolute atomic E-state index is 6.27. The van der Waals surface area contributed by atoms with Gasteiger partial charge in [-0.25, -0.2) is 14.6 Å². The summed E-state index contributed by atoms with van der Waals surface area (Å²) < 4.78 is 24.8. The molecule has 1 atom stereocenters. The van der Waals surface area contributed by atoms with E-state index >= 15 is 0 Å². The van der Waals surface area contributed by atoms with Crippen LogP contribution in [0.1, 0.15) is 17.7 Å². The van der Waals surface area contributed by atoms with E-state index in [1.807, 2.05) is 22.9 Å². The van der Waals surface area contributed by atoms with Gasteiger partial charge in [0.2, 0.25) is 0 Å². The van der Waals surface area contributed by atoms with Crippen molar-refractivity contribution in [1.82, 2.24) is 19.7 Å². The smallest absolute Gasteiger partial charge is 0.140 e. The third kappa shape index (κ3) is 5.50. The molecule has 184 valence electrons. The van der Waals surface area contributed by atoms with Gasteiger partial charge >= 0.3 is 0 Å². The van der Waals surface area contributed by atoms with Crippen molar-refractivity contribution < 1.29 is 18.9 Å². The topological polar surface area (TPSA) is 80.5 Å². The summed E-state index contributed by atoms with van der Waals surface area (Å²) >= 11 is 6.27. The molecule has 0 spiro atoms. The first-order chi connectivity index (χ1) is 16.2. The average Bonchev–Trinajstić information content (AvgIpc) is 3.42. The maximum Gasteiger partial charge on any atom is 0.140 e. The summed E-state index contributed by atoms with van der Waals surface area (Å²) in [5, 5.41) is 6.15. The number of ether oxygens (including phenoxy) is 4. The second-order valence-electron chi connectivity index (χ2n) is 9.90. The van der Waals surface area contributed by atoms with Gasteiger partial charge in [-0.05, 0) is 29.8 Å². The van der Waals surface area contributed by atoms with Gasteiger partial charge in [-0.1, -0.05) is 31.2 Å². The molecule has 10 heteroatoms. The van der Waals surface area contributed by atoms with Gasteiger partial charge in [-0.3, -0.25) is 0 Å². The zero-order valence-electron chi connectivity index (χ0n) is 20.6. The van der Waals surface area contributed by atoms with Crippen LogP contribution in [0.15, 0.2) is 24.4 Å². The van der Waals surface area contributed by atoms with E-state index in [0.717, 1.165) is 46.0 Å². The second kappa shape index (κ2) is 10.4. The van der Waals surface area contributed by atoms with Crippen molar-refractivity contribution in [3.8, 4) is 11.4 Å². The van der Waals surface area contributed by atoms with Gasteiger partial charge < -0.3 is 18.9 Å². The molecule has 0 amide bonds.